The minimum atomic E-state index is -4.42. The summed E-state index contributed by atoms with van der Waals surface area (Å²) in [6, 6.07) is 2.19. The van der Waals surface area contributed by atoms with Gasteiger partial charge in [-0.15, -0.1) is 0 Å². The molecule has 0 saturated carbocycles. The first kappa shape index (κ1) is 19.1. The Labute approximate surface area is 154 Å². The van der Waals surface area contributed by atoms with Crippen molar-refractivity contribution in [3.05, 3.63) is 23.9 Å². The Morgan fingerprint density at radius 3 is 2.70 bits per heavy atom. The van der Waals surface area contributed by atoms with Gasteiger partial charge in [-0.05, 0) is 25.0 Å². The molecule has 1 aromatic rings. The quantitative estimate of drug-likeness (QED) is 0.863. The average Bonchev–Trinajstić information content (AvgIpc) is 2.63. The van der Waals surface area contributed by atoms with Gasteiger partial charge in [-0.2, -0.15) is 18.3 Å². The van der Waals surface area contributed by atoms with Crippen LogP contribution in [0.3, 0.4) is 0 Å². The number of carbonyl (C=O) groups is 2. The number of anilines is 1. The van der Waals surface area contributed by atoms with Gasteiger partial charge in [0.1, 0.15) is 11.5 Å². The molecule has 0 radical (unpaired) electrons. The Bertz CT molecular complexity index is 748. The molecule has 3 rings (SSSR count). The molecule has 146 valence electrons. The standard InChI is InChI=1S/C17H20F3N5O2/c1-24-15(26)7-5-13(23-24)16(27)22-12-3-2-8-25(10-12)14-6-4-11(9-21-14)17(18,19)20/h4,6,9,12H,2-3,5,7-8,10H2,1H3,(H,22,27)/t12-/m0/s1. The lowest BCUT2D eigenvalue weighted by atomic mass is 10.0. The largest absolute Gasteiger partial charge is 0.417 e. The fraction of sp³-hybridized carbons (Fsp3) is 0.529. The summed E-state index contributed by atoms with van der Waals surface area (Å²) in [6.07, 6.45) is -1.52. The molecule has 7 nitrogen and oxygen atoms in total. The molecule has 1 aromatic heterocycles. The highest BCUT2D eigenvalue weighted by Crippen LogP contribution is 2.29. The Morgan fingerprint density at radius 2 is 2.07 bits per heavy atom. The van der Waals surface area contributed by atoms with Gasteiger partial charge in [0.05, 0.1) is 5.56 Å². The van der Waals surface area contributed by atoms with Gasteiger partial charge in [-0.3, -0.25) is 9.59 Å². The highest BCUT2D eigenvalue weighted by Gasteiger charge is 2.31. The second kappa shape index (κ2) is 7.53. The van der Waals surface area contributed by atoms with Crippen LogP contribution in [0.15, 0.2) is 23.4 Å². The third kappa shape index (κ3) is 4.55. The SMILES string of the molecule is CN1N=C(C(=O)N[C@H]2CCCN(c3ccc(C(F)(F)F)cn3)C2)CCC1=O. The first-order chi connectivity index (χ1) is 12.7. The summed E-state index contributed by atoms with van der Waals surface area (Å²) < 4.78 is 38.0. The number of nitrogens with zero attached hydrogens (tertiary/aromatic N) is 4. The normalized spacial score (nSPS) is 21.1. The van der Waals surface area contributed by atoms with E-state index < -0.39 is 11.7 Å². The number of alkyl halides is 3. The maximum Gasteiger partial charge on any atom is 0.417 e. The molecule has 0 bridgehead atoms. The predicted molar refractivity (Wildman–Crippen MR) is 92.1 cm³/mol. The first-order valence-electron chi connectivity index (χ1n) is 8.67. The molecule has 27 heavy (non-hydrogen) atoms. The molecule has 3 heterocycles. The summed E-state index contributed by atoms with van der Waals surface area (Å²) in [6.45, 7) is 1.11. The molecule has 2 aliphatic heterocycles. The molecule has 1 atom stereocenters. The molecular weight excluding hydrogens is 363 g/mol. The van der Waals surface area contributed by atoms with E-state index in [2.05, 4.69) is 15.4 Å². The van der Waals surface area contributed by atoms with Crippen LogP contribution in [0.5, 0.6) is 0 Å². The Hall–Kier alpha value is -2.65. The summed E-state index contributed by atoms with van der Waals surface area (Å²) in [5, 5.41) is 8.06. The van der Waals surface area contributed by atoms with Crippen LogP contribution in [0.2, 0.25) is 0 Å². The van der Waals surface area contributed by atoms with Gasteiger partial charge in [0.15, 0.2) is 0 Å². The van der Waals surface area contributed by atoms with Crippen molar-refractivity contribution in [2.24, 2.45) is 5.10 Å². The number of amides is 2. The van der Waals surface area contributed by atoms with E-state index in [1.165, 1.54) is 13.1 Å². The van der Waals surface area contributed by atoms with Crippen molar-refractivity contribution in [3.8, 4) is 0 Å². The second-order valence-electron chi connectivity index (χ2n) is 6.63. The topological polar surface area (TPSA) is 77.9 Å². The lowest BCUT2D eigenvalue weighted by Gasteiger charge is -2.34. The van der Waals surface area contributed by atoms with Gasteiger partial charge in [0.25, 0.3) is 5.91 Å². The number of rotatable bonds is 3. The molecule has 1 N–H and O–H groups in total. The Balaban J connectivity index is 1.62. The highest BCUT2D eigenvalue weighted by molar-refractivity contribution is 6.39. The van der Waals surface area contributed by atoms with Crippen molar-refractivity contribution in [1.29, 1.82) is 0 Å². The fourth-order valence-electron chi connectivity index (χ4n) is 3.15. The van der Waals surface area contributed by atoms with E-state index in [1.54, 1.807) is 0 Å². The Morgan fingerprint density at radius 1 is 1.30 bits per heavy atom. The number of aromatic nitrogens is 1. The predicted octanol–water partition coefficient (Wildman–Crippen LogP) is 1.79. The zero-order valence-electron chi connectivity index (χ0n) is 14.8. The lowest BCUT2D eigenvalue weighted by Crippen LogP contribution is -2.50. The number of hydrazone groups is 1. The summed E-state index contributed by atoms with van der Waals surface area (Å²) in [5.74, 6) is -0.00682. The van der Waals surface area contributed by atoms with Gasteiger partial charge in [-0.25, -0.2) is 9.99 Å². The summed E-state index contributed by atoms with van der Waals surface area (Å²) in [7, 11) is 1.51. The Kier molecular flexibility index (Phi) is 5.33. The van der Waals surface area contributed by atoms with Crippen molar-refractivity contribution in [1.82, 2.24) is 15.3 Å². The number of pyridine rings is 1. The summed E-state index contributed by atoms with van der Waals surface area (Å²) in [5.41, 5.74) is -0.482. The van der Waals surface area contributed by atoms with Crippen LogP contribution in [0.1, 0.15) is 31.2 Å². The number of halogens is 3. The molecule has 2 amide bonds. The number of hydrogen-bond donors (Lipinski definition) is 1. The van der Waals surface area contributed by atoms with E-state index in [-0.39, 0.29) is 24.3 Å². The molecular formula is C17H20F3N5O2. The van der Waals surface area contributed by atoms with Crippen molar-refractivity contribution in [3.63, 3.8) is 0 Å². The van der Waals surface area contributed by atoms with Crippen molar-refractivity contribution < 1.29 is 22.8 Å². The van der Waals surface area contributed by atoms with Crippen LogP contribution >= 0.6 is 0 Å². The number of nitrogens with one attached hydrogen (secondary N) is 1. The maximum atomic E-state index is 12.7. The van der Waals surface area contributed by atoms with Gasteiger partial charge >= 0.3 is 6.18 Å². The van der Waals surface area contributed by atoms with E-state index >= 15 is 0 Å². The molecule has 0 spiro atoms. The molecule has 1 saturated heterocycles. The van der Waals surface area contributed by atoms with Gasteiger partial charge in [0.2, 0.25) is 5.91 Å². The second-order valence-corrected chi connectivity index (χ2v) is 6.63. The molecule has 0 aliphatic carbocycles. The van der Waals surface area contributed by atoms with Crippen LogP contribution < -0.4 is 10.2 Å². The molecule has 1 fully saturated rings. The van der Waals surface area contributed by atoms with Crippen LogP contribution in [0.25, 0.3) is 0 Å². The zero-order chi connectivity index (χ0) is 19.6. The monoisotopic (exact) mass is 383 g/mol. The van der Waals surface area contributed by atoms with E-state index in [1.807, 2.05) is 4.90 Å². The van der Waals surface area contributed by atoms with Crippen LogP contribution in [0, 0.1) is 0 Å². The van der Waals surface area contributed by atoms with Gasteiger partial charge in [0, 0.05) is 45.2 Å². The van der Waals surface area contributed by atoms with E-state index in [0.29, 0.717) is 31.0 Å². The minimum Gasteiger partial charge on any atom is -0.355 e. The molecule has 0 aromatic carbocycles. The summed E-state index contributed by atoms with van der Waals surface area (Å²) in [4.78, 5) is 29.6. The smallest absolute Gasteiger partial charge is 0.355 e. The van der Waals surface area contributed by atoms with Crippen molar-refractivity contribution in [2.45, 2.75) is 37.9 Å². The van der Waals surface area contributed by atoms with Gasteiger partial charge in [-0.1, -0.05) is 0 Å². The fourth-order valence-corrected chi connectivity index (χ4v) is 3.15. The first-order valence-corrected chi connectivity index (χ1v) is 8.67. The molecule has 0 unspecified atom stereocenters. The van der Waals surface area contributed by atoms with Gasteiger partial charge < -0.3 is 10.2 Å². The van der Waals surface area contributed by atoms with E-state index in [9.17, 15) is 22.8 Å². The lowest BCUT2D eigenvalue weighted by molar-refractivity contribution is -0.137. The van der Waals surface area contributed by atoms with Crippen molar-refractivity contribution >= 4 is 23.3 Å². The maximum absolute atomic E-state index is 12.7. The molecule has 2 aliphatic rings. The molecule has 10 heteroatoms. The van der Waals surface area contributed by atoms with Crippen LogP contribution in [-0.4, -0.2) is 53.7 Å². The van der Waals surface area contributed by atoms with Crippen LogP contribution in [0.4, 0.5) is 19.0 Å². The third-order valence-corrected chi connectivity index (χ3v) is 4.63. The minimum absolute atomic E-state index is 0.135. The third-order valence-electron chi connectivity index (χ3n) is 4.63. The summed E-state index contributed by atoms with van der Waals surface area (Å²) >= 11 is 0. The number of piperidine rings is 1. The van der Waals surface area contributed by atoms with Crippen molar-refractivity contribution in [2.75, 3.05) is 25.0 Å². The highest BCUT2D eigenvalue weighted by atomic mass is 19.4. The van der Waals surface area contributed by atoms with Crippen LogP contribution in [-0.2, 0) is 15.8 Å². The van der Waals surface area contributed by atoms with E-state index in [0.717, 1.165) is 30.1 Å². The number of hydrogen-bond acceptors (Lipinski definition) is 5. The zero-order valence-corrected chi connectivity index (χ0v) is 14.8. The average molecular weight is 383 g/mol. The number of carbonyl (C=O) groups excluding carboxylic acids is 2. The van der Waals surface area contributed by atoms with E-state index in [4.69, 9.17) is 0 Å².